The number of nitrogens with one attached hydrogen (secondary N) is 4. The summed E-state index contributed by atoms with van der Waals surface area (Å²) in [4.78, 5) is 93.7. The molecule has 2 aliphatic heterocycles. The van der Waals surface area contributed by atoms with Gasteiger partial charge in [-0.15, -0.1) is 0 Å². The molecule has 0 aromatic rings. The van der Waals surface area contributed by atoms with Gasteiger partial charge in [0.1, 0.15) is 36.5 Å². The maximum Gasteiger partial charge on any atom is 0.246 e. The zero-order valence-corrected chi connectivity index (χ0v) is 30.0. The quantitative estimate of drug-likeness (QED) is 0.0442. The van der Waals surface area contributed by atoms with E-state index in [1.807, 2.05) is 13.8 Å². The van der Waals surface area contributed by atoms with Crippen LogP contribution in [0.1, 0.15) is 72.1 Å². The Morgan fingerprint density at radius 2 is 1.40 bits per heavy atom. The first-order valence-corrected chi connectivity index (χ1v) is 18.0. The molecule has 0 unspecified atom stereocenters. The Morgan fingerprint density at radius 1 is 0.792 bits per heavy atom. The monoisotopic (exact) mass is 714 g/mol. The van der Waals surface area contributed by atoms with E-state index >= 15 is 0 Å². The van der Waals surface area contributed by atoms with Gasteiger partial charge in [0.05, 0.1) is 12.1 Å². The van der Waals surface area contributed by atoms with Crippen LogP contribution in [0.25, 0.3) is 0 Å². The van der Waals surface area contributed by atoms with E-state index in [0.717, 1.165) is 0 Å². The number of rotatable bonds is 19. The van der Waals surface area contributed by atoms with Gasteiger partial charge in [-0.3, -0.25) is 28.8 Å². The molecule has 6 amide bonds. The Hall–Kier alpha value is -2.89. The normalized spacial score (nSPS) is 20.8. The van der Waals surface area contributed by atoms with Crippen molar-refractivity contribution >= 4 is 67.0 Å². The van der Waals surface area contributed by atoms with E-state index < -0.39 is 65.9 Å². The fourth-order valence-electron chi connectivity index (χ4n) is 5.89. The third kappa shape index (κ3) is 11.9. The fourth-order valence-corrected chi connectivity index (χ4v) is 6.31. The Kier molecular flexibility index (Phi) is 17.7. The minimum atomic E-state index is -1.11. The highest BCUT2D eigenvalue weighted by Gasteiger charge is 2.44. The molecule has 0 aliphatic carbocycles. The summed E-state index contributed by atoms with van der Waals surface area (Å²) in [6.45, 7) is 6.40. The van der Waals surface area contributed by atoms with Crippen molar-refractivity contribution in [2.45, 2.75) is 114 Å². The lowest BCUT2D eigenvalue weighted by Gasteiger charge is -2.33. The van der Waals surface area contributed by atoms with Gasteiger partial charge in [0.2, 0.25) is 35.4 Å². The van der Waals surface area contributed by atoms with Gasteiger partial charge >= 0.3 is 0 Å². The van der Waals surface area contributed by atoms with Gasteiger partial charge in [-0.25, -0.2) is 0 Å². The number of amides is 6. The molecule has 17 heteroatoms. The maximum atomic E-state index is 13.9. The highest BCUT2D eigenvalue weighted by Crippen LogP contribution is 2.26. The van der Waals surface area contributed by atoms with Crippen molar-refractivity contribution in [3.63, 3.8) is 0 Å². The third-order valence-corrected chi connectivity index (χ3v) is 9.24. The first kappa shape index (κ1) is 41.3. The highest BCUT2D eigenvalue weighted by molar-refractivity contribution is 7.80. The summed E-state index contributed by atoms with van der Waals surface area (Å²) in [6.07, 6.45) is 4.29. The van der Waals surface area contributed by atoms with Crippen LogP contribution in [0.5, 0.6) is 0 Å². The van der Waals surface area contributed by atoms with Gasteiger partial charge in [0.15, 0.2) is 0 Å². The Balaban J connectivity index is 2.14. The van der Waals surface area contributed by atoms with Gasteiger partial charge in [-0.1, -0.05) is 13.8 Å². The fraction of sp³-hybridized carbons (Fsp3) is 0.774. The number of nitrogens with zero attached hydrogens (tertiary/aromatic N) is 2. The van der Waals surface area contributed by atoms with Crippen LogP contribution < -0.4 is 32.7 Å². The molecule has 272 valence electrons. The number of hydrogen-bond donors (Lipinski definition) is 8. The van der Waals surface area contributed by atoms with E-state index in [4.69, 9.17) is 11.5 Å². The SMILES string of the molecule is CC(C)C[C@H](NC(=O)[C@@H](N)CS)C(=O)N1CCC[C@H]1C(=O)N1CCC[C@H]1C(=O)N[C@@H](CS)C(=O)N[C@@H](CCCCN)C(=O)N[C@@H](C)C=O. The Labute approximate surface area is 294 Å². The molecule has 7 atom stereocenters. The number of carbonyl (C=O) groups is 7. The molecular formula is C31H54N8O7S2. The van der Waals surface area contributed by atoms with Crippen molar-refractivity contribution in [3.05, 3.63) is 0 Å². The molecular weight excluding hydrogens is 661 g/mol. The molecule has 0 spiro atoms. The zero-order chi connectivity index (χ0) is 36.0. The molecule has 2 saturated heterocycles. The summed E-state index contributed by atoms with van der Waals surface area (Å²) in [5, 5.41) is 10.6. The molecule has 0 bridgehead atoms. The second kappa shape index (κ2) is 20.6. The molecule has 48 heavy (non-hydrogen) atoms. The number of unbranched alkanes of at least 4 members (excludes halogenated alkanes) is 1. The lowest BCUT2D eigenvalue weighted by atomic mass is 10.0. The minimum Gasteiger partial charge on any atom is -0.345 e. The minimum absolute atomic E-state index is 0.0716. The second-order valence-electron chi connectivity index (χ2n) is 12.9. The number of aldehydes is 1. The third-order valence-electron chi connectivity index (χ3n) is 8.48. The number of nitrogens with two attached hydrogens (primary N) is 2. The van der Waals surface area contributed by atoms with Gasteiger partial charge in [0, 0.05) is 24.6 Å². The molecule has 2 heterocycles. The van der Waals surface area contributed by atoms with E-state index in [-0.39, 0.29) is 35.7 Å². The lowest BCUT2D eigenvalue weighted by molar-refractivity contribution is -0.148. The number of carbonyl (C=O) groups excluding carboxylic acids is 7. The predicted octanol–water partition coefficient (Wildman–Crippen LogP) is -1.51. The van der Waals surface area contributed by atoms with Crippen LogP contribution in [0.2, 0.25) is 0 Å². The number of likely N-dealkylation sites (tertiary alicyclic amines) is 2. The lowest BCUT2D eigenvalue weighted by Crippen LogP contribution is -2.59. The highest BCUT2D eigenvalue weighted by atomic mass is 32.1. The van der Waals surface area contributed by atoms with E-state index in [9.17, 15) is 33.6 Å². The molecule has 2 rings (SSSR count). The van der Waals surface area contributed by atoms with Crippen molar-refractivity contribution in [2.75, 3.05) is 31.1 Å². The standard InChI is InChI=1S/C31H54N8O7S2/c1-18(2)14-22(36-26(41)20(33)16-47)30(45)39-13-7-10-25(39)31(46)38-12-6-9-24(38)29(44)37-23(17-48)28(43)35-21(8-4-5-11-32)27(42)34-19(3)15-40/h15,18-25,47-48H,4-14,16-17,32-33H2,1-3H3,(H,34,42)(H,35,43)(H,36,41)(H,37,44)/t19-,20-,21-,22-,23-,24-,25-/m0/s1. The number of thiol groups is 2. The molecule has 0 aromatic carbocycles. The van der Waals surface area contributed by atoms with Crippen molar-refractivity contribution < 1.29 is 33.6 Å². The van der Waals surface area contributed by atoms with Crippen LogP contribution in [0.3, 0.4) is 0 Å². The molecule has 15 nitrogen and oxygen atoms in total. The Morgan fingerprint density at radius 3 is 1.98 bits per heavy atom. The van der Waals surface area contributed by atoms with Crippen LogP contribution in [0, 0.1) is 5.92 Å². The average molecular weight is 715 g/mol. The number of hydrogen-bond acceptors (Lipinski definition) is 11. The van der Waals surface area contributed by atoms with Crippen LogP contribution >= 0.6 is 25.3 Å². The smallest absolute Gasteiger partial charge is 0.246 e. The summed E-state index contributed by atoms with van der Waals surface area (Å²) in [5.41, 5.74) is 11.4. The molecule has 2 fully saturated rings. The molecule has 0 aromatic heterocycles. The first-order valence-electron chi connectivity index (χ1n) is 16.7. The van der Waals surface area contributed by atoms with Gasteiger partial charge in [0.25, 0.3) is 0 Å². The summed E-state index contributed by atoms with van der Waals surface area (Å²) in [5.74, 6) is -2.85. The topological polar surface area (TPSA) is 226 Å². The van der Waals surface area contributed by atoms with E-state index in [1.54, 1.807) is 0 Å². The molecule has 2 aliphatic rings. The second-order valence-corrected chi connectivity index (χ2v) is 13.6. The van der Waals surface area contributed by atoms with Gasteiger partial charge in [-0.05, 0) is 70.8 Å². The van der Waals surface area contributed by atoms with Crippen molar-refractivity contribution in [3.8, 4) is 0 Å². The zero-order valence-electron chi connectivity index (χ0n) is 28.2. The van der Waals surface area contributed by atoms with Gasteiger partial charge < -0.3 is 47.3 Å². The van der Waals surface area contributed by atoms with Crippen LogP contribution in [0.15, 0.2) is 0 Å². The molecule has 8 N–H and O–H groups in total. The van der Waals surface area contributed by atoms with E-state index in [1.165, 1.54) is 16.7 Å². The summed E-state index contributed by atoms with van der Waals surface area (Å²) in [7, 11) is 0. The average Bonchev–Trinajstić information content (AvgIpc) is 3.75. The van der Waals surface area contributed by atoms with Crippen LogP contribution in [-0.4, -0.2) is 125 Å². The summed E-state index contributed by atoms with van der Waals surface area (Å²) in [6, 6.07) is -6.25. The van der Waals surface area contributed by atoms with E-state index in [2.05, 4.69) is 46.5 Å². The van der Waals surface area contributed by atoms with Crippen molar-refractivity contribution in [1.82, 2.24) is 31.1 Å². The van der Waals surface area contributed by atoms with E-state index in [0.29, 0.717) is 70.9 Å². The summed E-state index contributed by atoms with van der Waals surface area (Å²) >= 11 is 8.32. The largest absolute Gasteiger partial charge is 0.345 e. The van der Waals surface area contributed by atoms with Gasteiger partial charge in [-0.2, -0.15) is 25.3 Å². The first-order chi connectivity index (χ1) is 22.8. The molecule has 0 radical (unpaired) electrons. The predicted molar refractivity (Wildman–Crippen MR) is 187 cm³/mol. The summed E-state index contributed by atoms with van der Waals surface area (Å²) < 4.78 is 0. The maximum absolute atomic E-state index is 13.9. The van der Waals surface area contributed by atoms with Crippen molar-refractivity contribution in [1.29, 1.82) is 0 Å². The van der Waals surface area contributed by atoms with Crippen LogP contribution in [0.4, 0.5) is 0 Å². The van der Waals surface area contributed by atoms with Crippen LogP contribution in [-0.2, 0) is 33.6 Å². The molecule has 0 saturated carbocycles. The van der Waals surface area contributed by atoms with Crippen molar-refractivity contribution in [2.24, 2.45) is 17.4 Å². The Bertz CT molecular complexity index is 1150.